The second-order valence-electron chi connectivity index (χ2n) is 19.5. The topological polar surface area (TPSA) is 175 Å². The number of hydrogen-bond donors (Lipinski definition) is 3. The number of aliphatic hydroxyl groups is 2. The maximum Gasteiger partial charge on any atom is 0.335 e. The van der Waals surface area contributed by atoms with Crippen LogP contribution in [0.25, 0.3) is 0 Å². The van der Waals surface area contributed by atoms with Crippen LogP contribution in [0.5, 0.6) is 0 Å². The minimum atomic E-state index is -1.93. The van der Waals surface area contributed by atoms with Crippen molar-refractivity contribution in [3.63, 3.8) is 0 Å². The van der Waals surface area contributed by atoms with Gasteiger partial charge in [0.25, 0.3) is 0 Å². The molecule has 0 amide bonds. The molecule has 0 radical (unpaired) electrons. The van der Waals surface area contributed by atoms with Crippen molar-refractivity contribution >= 4 is 23.9 Å². The molecule has 3 N–H and O–H groups in total. The molecule has 426 valence electrons. The summed E-state index contributed by atoms with van der Waals surface area (Å²) in [5.41, 5.74) is 0. The van der Waals surface area contributed by atoms with E-state index in [4.69, 9.17) is 23.7 Å². The molecule has 1 rings (SSSR count). The van der Waals surface area contributed by atoms with Crippen LogP contribution in [-0.2, 0) is 42.9 Å². The molecule has 1 heterocycles. The number of ether oxygens (including phenoxy) is 5. The standard InChI is InChI=1S/C63H102O12/c1-4-7-10-13-16-19-22-25-26-27-28-29-30-33-36-39-42-45-48-51-57(66)74-61-59(68)58(67)60(62(69)70)75-63(61)72-53-54(73-56(65)50-47-44-41-38-35-32-24-21-18-15-12-9-6-3)52-71-55(64)49-46-43-40-37-34-31-23-20-17-14-11-8-5-2/h7,10-11,14,16,19-20,23,25-26,28-29,33,36,42,45,54,58-61,63,67-68H,4-6,8-9,12-13,15,17-18,21-22,24,27,30-32,34-35,37-41,43-44,46-53H2,1-3H3,(H,69,70)/b10-7-,14-11-,19-16-,23-20-,26-25-,29-28-,36-33-,45-42-. The van der Waals surface area contributed by atoms with Crippen molar-refractivity contribution in [2.45, 2.75) is 263 Å². The van der Waals surface area contributed by atoms with Gasteiger partial charge < -0.3 is 39.0 Å². The van der Waals surface area contributed by atoms with E-state index in [1.807, 2.05) is 18.2 Å². The predicted octanol–water partition coefficient (Wildman–Crippen LogP) is 14.9. The Morgan fingerprint density at radius 3 is 1.39 bits per heavy atom. The highest BCUT2D eigenvalue weighted by Crippen LogP contribution is 2.26. The lowest BCUT2D eigenvalue weighted by atomic mass is 9.98. The van der Waals surface area contributed by atoms with Gasteiger partial charge in [-0.2, -0.15) is 0 Å². The summed E-state index contributed by atoms with van der Waals surface area (Å²) in [6.45, 7) is 5.76. The lowest BCUT2D eigenvalue weighted by Crippen LogP contribution is -2.61. The van der Waals surface area contributed by atoms with Crippen molar-refractivity contribution in [2.75, 3.05) is 13.2 Å². The first kappa shape index (κ1) is 68.7. The zero-order chi connectivity index (χ0) is 54.7. The molecular formula is C63H102O12. The van der Waals surface area contributed by atoms with Crippen molar-refractivity contribution in [3.8, 4) is 0 Å². The second kappa shape index (κ2) is 50.5. The van der Waals surface area contributed by atoms with E-state index in [2.05, 4.69) is 99.8 Å². The van der Waals surface area contributed by atoms with Gasteiger partial charge in [-0.3, -0.25) is 14.4 Å². The van der Waals surface area contributed by atoms with Gasteiger partial charge in [0.15, 0.2) is 24.6 Å². The Labute approximate surface area is 453 Å². The first-order chi connectivity index (χ1) is 36.6. The third-order valence-corrected chi connectivity index (χ3v) is 12.6. The molecule has 0 aromatic rings. The average Bonchev–Trinajstić information content (AvgIpc) is 3.39. The third-order valence-electron chi connectivity index (χ3n) is 12.6. The third kappa shape index (κ3) is 40.6. The van der Waals surface area contributed by atoms with E-state index in [-0.39, 0.29) is 25.9 Å². The summed E-state index contributed by atoms with van der Waals surface area (Å²) in [6.07, 6.45) is 53.9. The van der Waals surface area contributed by atoms with E-state index in [1.165, 1.54) is 57.8 Å². The number of aliphatic carboxylic acids is 1. The largest absolute Gasteiger partial charge is 0.479 e. The van der Waals surface area contributed by atoms with E-state index >= 15 is 0 Å². The van der Waals surface area contributed by atoms with E-state index in [0.29, 0.717) is 25.7 Å². The first-order valence-corrected chi connectivity index (χ1v) is 29.2. The molecule has 12 heteroatoms. The van der Waals surface area contributed by atoms with Crippen molar-refractivity contribution in [1.29, 1.82) is 0 Å². The maximum atomic E-state index is 13.1. The molecule has 1 fully saturated rings. The molecule has 12 nitrogen and oxygen atoms in total. The van der Waals surface area contributed by atoms with Crippen molar-refractivity contribution < 1.29 is 58.2 Å². The summed E-state index contributed by atoms with van der Waals surface area (Å²) in [4.78, 5) is 51.0. The van der Waals surface area contributed by atoms with Crippen LogP contribution < -0.4 is 0 Å². The lowest BCUT2D eigenvalue weighted by Gasteiger charge is -2.40. The molecule has 0 aromatic heterocycles. The van der Waals surface area contributed by atoms with Crippen LogP contribution in [-0.4, -0.2) is 89.2 Å². The Hall–Kier alpha value is -4.36. The van der Waals surface area contributed by atoms with Crippen LogP contribution in [0.2, 0.25) is 0 Å². The molecule has 1 aliphatic rings. The highest BCUT2D eigenvalue weighted by Gasteiger charge is 2.50. The summed E-state index contributed by atoms with van der Waals surface area (Å²) in [7, 11) is 0. The Kier molecular flexibility index (Phi) is 46.2. The zero-order valence-electron chi connectivity index (χ0n) is 46.8. The molecule has 1 saturated heterocycles. The maximum absolute atomic E-state index is 13.1. The smallest absolute Gasteiger partial charge is 0.335 e. The molecule has 0 spiro atoms. The second-order valence-corrected chi connectivity index (χ2v) is 19.5. The van der Waals surface area contributed by atoms with Crippen LogP contribution in [0.4, 0.5) is 0 Å². The normalized spacial score (nSPS) is 18.9. The number of carbonyl (C=O) groups is 4. The summed E-state index contributed by atoms with van der Waals surface area (Å²) in [6, 6.07) is 0. The van der Waals surface area contributed by atoms with Gasteiger partial charge in [0.2, 0.25) is 0 Å². The molecular weight excluding hydrogens is 949 g/mol. The molecule has 75 heavy (non-hydrogen) atoms. The van der Waals surface area contributed by atoms with E-state index < -0.39 is 67.3 Å². The SMILES string of the molecule is CC/C=C\C/C=C\C/C=C\C/C=C\C/C=C\C/C=C\CCC(=O)OC1C(OCC(COC(=O)CCCCCCC/C=C\C/C=C\CCC)OC(=O)CCCCCCCCCCCCCCC)OC(C(=O)O)C(O)C1O. The van der Waals surface area contributed by atoms with Crippen LogP contribution in [0.1, 0.15) is 226 Å². The van der Waals surface area contributed by atoms with Crippen molar-refractivity contribution in [1.82, 2.24) is 0 Å². The number of aliphatic hydroxyl groups excluding tert-OH is 2. The fourth-order valence-electron chi connectivity index (χ4n) is 8.20. The fourth-order valence-corrected chi connectivity index (χ4v) is 8.20. The summed E-state index contributed by atoms with van der Waals surface area (Å²) < 4.78 is 28.3. The monoisotopic (exact) mass is 1050 g/mol. The summed E-state index contributed by atoms with van der Waals surface area (Å²) in [5.74, 6) is -3.25. The van der Waals surface area contributed by atoms with Gasteiger partial charge in [0.1, 0.15) is 18.8 Å². The number of carboxylic acid groups (broad SMARTS) is 1. The predicted molar refractivity (Wildman–Crippen MR) is 303 cm³/mol. The average molecular weight is 1050 g/mol. The first-order valence-electron chi connectivity index (χ1n) is 29.2. The van der Waals surface area contributed by atoms with Gasteiger partial charge in [0, 0.05) is 19.3 Å². The van der Waals surface area contributed by atoms with Gasteiger partial charge in [-0.1, -0.05) is 221 Å². The Morgan fingerprint density at radius 2 is 0.893 bits per heavy atom. The van der Waals surface area contributed by atoms with Gasteiger partial charge >= 0.3 is 23.9 Å². The molecule has 0 bridgehead atoms. The minimum absolute atomic E-state index is 0.0689. The molecule has 6 unspecified atom stereocenters. The molecule has 0 aliphatic carbocycles. The van der Waals surface area contributed by atoms with Crippen LogP contribution >= 0.6 is 0 Å². The number of unbranched alkanes of at least 4 members (excludes halogenated alkanes) is 18. The van der Waals surface area contributed by atoms with Crippen LogP contribution in [0.3, 0.4) is 0 Å². The number of carboxylic acids is 1. The highest BCUT2D eigenvalue weighted by atomic mass is 16.7. The number of carbonyl (C=O) groups excluding carboxylic acids is 3. The number of allylic oxidation sites excluding steroid dienone is 16. The molecule has 0 aromatic carbocycles. The Balaban J connectivity index is 2.74. The van der Waals surface area contributed by atoms with Crippen molar-refractivity contribution in [2.24, 2.45) is 0 Å². The quantitative estimate of drug-likeness (QED) is 0.0228. The van der Waals surface area contributed by atoms with Crippen LogP contribution in [0.15, 0.2) is 97.2 Å². The molecule has 0 saturated carbocycles. The summed E-state index contributed by atoms with van der Waals surface area (Å²) in [5, 5.41) is 31.4. The minimum Gasteiger partial charge on any atom is -0.479 e. The van der Waals surface area contributed by atoms with E-state index in [9.17, 15) is 34.5 Å². The highest BCUT2D eigenvalue weighted by molar-refractivity contribution is 5.74. The van der Waals surface area contributed by atoms with E-state index in [0.717, 1.165) is 103 Å². The molecule has 6 atom stereocenters. The Bertz CT molecular complexity index is 1670. The fraction of sp³-hybridized carbons (Fsp3) is 0.683. The number of hydrogen-bond acceptors (Lipinski definition) is 11. The van der Waals surface area contributed by atoms with Gasteiger partial charge in [-0.15, -0.1) is 0 Å². The molecule has 1 aliphatic heterocycles. The summed E-state index contributed by atoms with van der Waals surface area (Å²) >= 11 is 0. The number of rotatable bonds is 48. The van der Waals surface area contributed by atoms with Crippen molar-refractivity contribution in [3.05, 3.63) is 97.2 Å². The lowest BCUT2D eigenvalue weighted by molar-refractivity contribution is -0.301. The van der Waals surface area contributed by atoms with Gasteiger partial charge in [0.05, 0.1) is 6.61 Å². The Morgan fingerprint density at radius 1 is 0.453 bits per heavy atom. The van der Waals surface area contributed by atoms with Gasteiger partial charge in [-0.25, -0.2) is 4.79 Å². The van der Waals surface area contributed by atoms with Crippen LogP contribution in [0, 0.1) is 0 Å². The number of esters is 3. The van der Waals surface area contributed by atoms with E-state index in [1.54, 1.807) is 0 Å². The van der Waals surface area contributed by atoms with Gasteiger partial charge in [-0.05, 0) is 83.5 Å². The zero-order valence-corrected chi connectivity index (χ0v) is 46.8.